The second-order valence-corrected chi connectivity index (χ2v) is 8.87. The number of hydrogen-bond donors (Lipinski definition) is 0. The molecule has 0 saturated carbocycles. The summed E-state index contributed by atoms with van der Waals surface area (Å²) in [5.41, 5.74) is 1.45. The van der Waals surface area contributed by atoms with Crippen LogP contribution in [0.25, 0.3) is 0 Å². The predicted octanol–water partition coefficient (Wildman–Crippen LogP) is 5.37. The molecule has 2 aliphatic rings. The number of carbonyl (C=O) groups is 2. The summed E-state index contributed by atoms with van der Waals surface area (Å²) in [4.78, 5) is 34.7. The van der Waals surface area contributed by atoms with Gasteiger partial charge in [0.25, 0.3) is 5.91 Å². The topological polar surface area (TPSA) is 59.1 Å². The van der Waals surface area contributed by atoms with Gasteiger partial charge in [-0.05, 0) is 55.2 Å². The maximum Gasteiger partial charge on any atom is 0.266 e. The van der Waals surface area contributed by atoms with E-state index < -0.39 is 12.0 Å². The Balaban J connectivity index is 1.64. The Hall–Kier alpha value is -2.86. The van der Waals surface area contributed by atoms with Crippen LogP contribution in [0.1, 0.15) is 52.9 Å². The van der Waals surface area contributed by atoms with E-state index in [1.54, 1.807) is 12.1 Å². The molecule has 6 heteroatoms. The van der Waals surface area contributed by atoms with E-state index in [1.165, 1.54) is 4.90 Å². The molecule has 2 heterocycles. The number of fused-ring (bicyclic) bond motifs is 1. The molecule has 0 spiro atoms. The van der Waals surface area contributed by atoms with Gasteiger partial charge in [-0.1, -0.05) is 58.2 Å². The molecule has 4 rings (SSSR count). The van der Waals surface area contributed by atoms with Crippen molar-refractivity contribution >= 4 is 23.2 Å². The van der Waals surface area contributed by atoms with Crippen LogP contribution < -0.4 is 14.7 Å². The minimum absolute atomic E-state index is 0.175. The lowest BCUT2D eigenvalue weighted by Gasteiger charge is -2.33. The summed E-state index contributed by atoms with van der Waals surface area (Å²) in [6.45, 7) is 7.01. The molecule has 2 aliphatic heterocycles. The van der Waals surface area contributed by atoms with Crippen LogP contribution in [-0.2, 0) is 14.4 Å². The van der Waals surface area contributed by atoms with Crippen LogP contribution in [0.4, 0.5) is 11.4 Å². The van der Waals surface area contributed by atoms with Crippen LogP contribution in [0.3, 0.4) is 0 Å². The molecule has 2 amide bonds. The zero-order valence-corrected chi connectivity index (χ0v) is 19.8. The number of ether oxygens (including phenoxy) is 1. The summed E-state index contributed by atoms with van der Waals surface area (Å²) >= 11 is 0. The third kappa shape index (κ3) is 4.49. The van der Waals surface area contributed by atoms with Crippen LogP contribution in [0, 0.1) is 11.8 Å². The van der Waals surface area contributed by atoms with Gasteiger partial charge in [0, 0.05) is 0 Å². The van der Waals surface area contributed by atoms with Gasteiger partial charge in [-0.2, -0.15) is 0 Å². The first-order valence-corrected chi connectivity index (χ1v) is 12.2. The molecule has 2 saturated heterocycles. The third-order valence-corrected chi connectivity index (χ3v) is 6.68. The smallest absolute Gasteiger partial charge is 0.266 e. The molecule has 176 valence electrons. The van der Waals surface area contributed by atoms with E-state index in [1.807, 2.05) is 54.5 Å². The number of para-hydroxylation sites is 1. The molecule has 33 heavy (non-hydrogen) atoms. The molecule has 0 N–H and O–H groups in total. The van der Waals surface area contributed by atoms with Gasteiger partial charge < -0.3 is 4.74 Å². The zero-order valence-electron chi connectivity index (χ0n) is 19.8. The van der Waals surface area contributed by atoms with Crippen LogP contribution >= 0.6 is 0 Å². The molecular weight excluding hydrogens is 416 g/mol. The lowest BCUT2D eigenvalue weighted by atomic mass is 9.82. The number of imide groups is 1. The Labute approximate surface area is 196 Å². The van der Waals surface area contributed by atoms with Gasteiger partial charge in [0.2, 0.25) is 5.91 Å². The number of hydrogen-bond acceptors (Lipinski definition) is 5. The molecular formula is C27H34N2O4. The van der Waals surface area contributed by atoms with Gasteiger partial charge >= 0.3 is 0 Å². The first kappa shape index (κ1) is 23.3. The molecule has 0 unspecified atom stereocenters. The second kappa shape index (κ2) is 10.4. The molecule has 2 aromatic rings. The first-order chi connectivity index (χ1) is 16.1. The van der Waals surface area contributed by atoms with Crippen LogP contribution in [-0.4, -0.2) is 30.6 Å². The van der Waals surface area contributed by atoms with E-state index in [0.717, 1.165) is 43.5 Å². The van der Waals surface area contributed by atoms with Gasteiger partial charge in [0.1, 0.15) is 5.75 Å². The highest BCUT2D eigenvalue weighted by Gasteiger charge is 2.61. The number of carbonyl (C=O) groups excluding carboxylic acids is 2. The number of unbranched alkanes of at least 4 members (excludes halogenated alkanes) is 1. The van der Waals surface area contributed by atoms with Crippen LogP contribution in [0.15, 0.2) is 54.6 Å². The molecule has 6 nitrogen and oxygen atoms in total. The molecule has 2 fully saturated rings. The summed E-state index contributed by atoms with van der Waals surface area (Å²) in [6, 6.07) is 16.8. The molecule has 0 radical (unpaired) electrons. The Kier molecular flexibility index (Phi) is 7.33. The Bertz CT molecular complexity index is 946. The van der Waals surface area contributed by atoms with Gasteiger partial charge in [-0.25, -0.2) is 9.96 Å². The van der Waals surface area contributed by atoms with E-state index in [4.69, 9.17) is 9.57 Å². The maximum atomic E-state index is 13.7. The van der Waals surface area contributed by atoms with E-state index in [2.05, 4.69) is 13.8 Å². The highest BCUT2D eigenvalue weighted by molar-refractivity contribution is 6.23. The molecule has 4 atom stereocenters. The van der Waals surface area contributed by atoms with Crippen molar-refractivity contribution in [3.8, 4) is 5.75 Å². The second-order valence-electron chi connectivity index (χ2n) is 8.87. The molecule has 2 aromatic carbocycles. The van der Waals surface area contributed by atoms with Crippen molar-refractivity contribution in [1.82, 2.24) is 0 Å². The number of rotatable bonds is 10. The van der Waals surface area contributed by atoms with Crippen molar-refractivity contribution in [2.75, 3.05) is 16.6 Å². The van der Waals surface area contributed by atoms with E-state index >= 15 is 0 Å². The van der Waals surface area contributed by atoms with E-state index in [9.17, 15) is 9.59 Å². The Morgan fingerprint density at radius 1 is 0.909 bits per heavy atom. The van der Waals surface area contributed by atoms with E-state index in [-0.39, 0.29) is 23.8 Å². The molecule has 0 aliphatic carbocycles. The fourth-order valence-electron chi connectivity index (χ4n) is 4.98. The monoisotopic (exact) mass is 450 g/mol. The third-order valence-electron chi connectivity index (χ3n) is 6.68. The van der Waals surface area contributed by atoms with Crippen molar-refractivity contribution in [2.24, 2.45) is 11.8 Å². The fraction of sp³-hybridized carbons (Fsp3) is 0.481. The number of anilines is 2. The predicted molar refractivity (Wildman–Crippen MR) is 129 cm³/mol. The average Bonchev–Trinajstić information content (AvgIpc) is 3.35. The lowest BCUT2D eigenvalue weighted by Crippen LogP contribution is -2.44. The Morgan fingerprint density at radius 2 is 1.64 bits per heavy atom. The average molecular weight is 451 g/mol. The van der Waals surface area contributed by atoms with Gasteiger partial charge in [0.05, 0.1) is 29.9 Å². The van der Waals surface area contributed by atoms with Crippen molar-refractivity contribution < 1.29 is 19.2 Å². The number of hydroxylamine groups is 1. The fourth-order valence-corrected chi connectivity index (χ4v) is 4.98. The van der Waals surface area contributed by atoms with Crippen molar-refractivity contribution in [1.29, 1.82) is 0 Å². The summed E-state index contributed by atoms with van der Waals surface area (Å²) in [7, 11) is 0. The summed E-state index contributed by atoms with van der Waals surface area (Å²) in [5, 5.41) is 1.84. The number of benzene rings is 2. The minimum atomic E-state index is -0.797. The highest BCUT2D eigenvalue weighted by atomic mass is 16.7. The normalized spacial score (nSPS) is 23.2. The SMILES string of the molecule is CCCC[C@@H](CC)[C@H]1[C@H]2C(=O)N(c3ccc(OCCC)cc3)C(=O)[C@@H]2ON1c1ccccc1. The van der Waals surface area contributed by atoms with Crippen LogP contribution in [0.2, 0.25) is 0 Å². The number of nitrogens with zero attached hydrogens (tertiary/aromatic N) is 2. The largest absolute Gasteiger partial charge is 0.494 e. The van der Waals surface area contributed by atoms with E-state index in [0.29, 0.717) is 12.3 Å². The molecule has 0 bridgehead atoms. The number of amides is 2. The summed E-state index contributed by atoms with van der Waals surface area (Å²) in [5.74, 6) is -0.00121. The van der Waals surface area contributed by atoms with Crippen LogP contribution in [0.5, 0.6) is 5.75 Å². The Morgan fingerprint density at radius 3 is 2.27 bits per heavy atom. The summed E-state index contributed by atoms with van der Waals surface area (Å²) in [6.07, 6.45) is 4.22. The lowest BCUT2D eigenvalue weighted by molar-refractivity contribution is -0.126. The maximum absolute atomic E-state index is 13.7. The minimum Gasteiger partial charge on any atom is -0.494 e. The highest BCUT2D eigenvalue weighted by Crippen LogP contribution is 2.44. The van der Waals surface area contributed by atoms with Crippen molar-refractivity contribution in [3.05, 3.63) is 54.6 Å². The van der Waals surface area contributed by atoms with Gasteiger partial charge in [0.15, 0.2) is 6.10 Å². The standard InChI is InChI=1S/C27H34N2O4/c1-4-7-11-19(6-3)24-23-25(33-29(24)21-12-9-8-10-13-21)27(31)28(26(23)30)20-14-16-22(17-15-20)32-18-5-2/h8-10,12-17,19,23-25H,4-7,11,18H2,1-3H3/t19-,23-,24+,25-/m1/s1. The van der Waals surface area contributed by atoms with Crippen molar-refractivity contribution in [3.63, 3.8) is 0 Å². The van der Waals surface area contributed by atoms with Crippen molar-refractivity contribution in [2.45, 2.75) is 65.0 Å². The first-order valence-electron chi connectivity index (χ1n) is 12.2. The zero-order chi connectivity index (χ0) is 23.4. The molecule has 0 aromatic heterocycles. The quantitative estimate of drug-likeness (QED) is 0.456. The van der Waals surface area contributed by atoms with Gasteiger partial charge in [-0.3, -0.25) is 14.4 Å². The van der Waals surface area contributed by atoms with Gasteiger partial charge in [-0.15, -0.1) is 0 Å². The summed E-state index contributed by atoms with van der Waals surface area (Å²) < 4.78 is 5.64.